The number of carbonyl (C=O) groups is 1. The van der Waals surface area contributed by atoms with Crippen LogP contribution >= 0.6 is 11.6 Å². The standard InChI is InChI=1S/C13H18ClNO4/c1-9-6-10(14)4-5-11(9)19-8-12(16)15-7-13(17-2)18-3/h4-6,13H,7-8H2,1-3H3,(H,15,16). The Hall–Kier alpha value is -1.30. The molecule has 1 aromatic rings. The maximum atomic E-state index is 11.6. The molecule has 1 aromatic carbocycles. The van der Waals surface area contributed by atoms with Gasteiger partial charge in [0, 0.05) is 19.2 Å². The summed E-state index contributed by atoms with van der Waals surface area (Å²) in [5, 5.41) is 3.28. The Morgan fingerprint density at radius 1 is 1.37 bits per heavy atom. The molecule has 0 unspecified atom stereocenters. The molecule has 0 heterocycles. The first-order valence-corrected chi connectivity index (χ1v) is 6.16. The summed E-state index contributed by atoms with van der Waals surface area (Å²) in [7, 11) is 3.02. The fourth-order valence-corrected chi connectivity index (χ4v) is 1.66. The van der Waals surface area contributed by atoms with Crippen LogP contribution in [0.25, 0.3) is 0 Å². The second-order valence-electron chi connectivity index (χ2n) is 3.90. The molecule has 6 heteroatoms. The fourth-order valence-electron chi connectivity index (χ4n) is 1.43. The third-order valence-electron chi connectivity index (χ3n) is 2.49. The molecule has 106 valence electrons. The molecule has 1 amide bonds. The zero-order valence-corrected chi connectivity index (χ0v) is 12.0. The van der Waals surface area contributed by atoms with Crippen LogP contribution in [0.15, 0.2) is 18.2 Å². The van der Waals surface area contributed by atoms with Crippen LogP contribution in [0.4, 0.5) is 0 Å². The lowest BCUT2D eigenvalue weighted by Gasteiger charge is -2.14. The zero-order chi connectivity index (χ0) is 14.3. The van der Waals surface area contributed by atoms with Gasteiger partial charge in [-0.3, -0.25) is 4.79 Å². The lowest BCUT2D eigenvalue weighted by Crippen LogP contribution is -2.36. The van der Waals surface area contributed by atoms with E-state index >= 15 is 0 Å². The summed E-state index contributed by atoms with van der Waals surface area (Å²) < 4.78 is 15.3. The zero-order valence-electron chi connectivity index (χ0n) is 11.2. The Balaban J connectivity index is 2.37. The average molecular weight is 288 g/mol. The maximum Gasteiger partial charge on any atom is 0.258 e. The SMILES string of the molecule is COC(CNC(=O)COc1ccc(Cl)cc1C)OC. The minimum absolute atomic E-state index is 0.0668. The van der Waals surface area contributed by atoms with Gasteiger partial charge >= 0.3 is 0 Å². The van der Waals surface area contributed by atoms with Gasteiger partial charge in [-0.2, -0.15) is 0 Å². The van der Waals surface area contributed by atoms with E-state index in [-0.39, 0.29) is 19.1 Å². The number of carbonyl (C=O) groups excluding carboxylic acids is 1. The van der Waals surface area contributed by atoms with Crippen molar-refractivity contribution in [1.82, 2.24) is 5.32 Å². The third kappa shape index (κ3) is 5.46. The van der Waals surface area contributed by atoms with E-state index in [9.17, 15) is 4.79 Å². The highest BCUT2D eigenvalue weighted by atomic mass is 35.5. The molecule has 0 aliphatic carbocycles. The Bertz CT molecular complexity index is 421. The van der Waals surface area contributed by atoms with E-state index in [1.54, 1.807) is 18.2 Å². The summed E-state index contributed by atoms with van der Waals surface area (Å²) in [5.41, 5.74) is 0.881. The molecule has 0 radical (unpaired) electrons. The smallest absolute Gasteiger partial charge is 0.258 e. The summed E-state index contributed by atoms with van der Waals surface area (Å²) in [6.07, 6.45) is -0.457. The number of amides is 1. The third-order valence-corrected chi connectivity index (χ3v) is 2.72. The minimum Gasteiger partial charge on any atom is -0.484 e. The van der Waals surface area contributed by atoms with Gasteiger partial charge in [0.05, 0.1) is 6.54 Å². The van der Waals surface area contributed by atoms with E-state index in [4.69, 9.17) is 25.8 Å². The minimum atomic E-state index is -0.457. The highest BCUT2D eigenvalue weighted by Gasteiger charge is 2.09. The molecule has 0 aliphatic rings. The van der Waals surface area contributed by atoms with Crippen LogP contribution < -0.4 is 10.1 Å². The predicted molar refractivity (Wildman–Crippen MR) is 72.5 cm³/mol. The number of ether oxygens (including phenoxy) is 3. The van der Waals surface area contributed by atoms with Gasteiger partial charge in [-0.15, -0.1) is 0 Å². The van der Waals surface area contributed by atoms with Crippen LogP contribution in [0.1, 0.15) is 5.56 Å². The predicted octanol–water partition coefficient (Wildman–Crippen LogP) is 1.76. The quantitative estimate of drug-likeness (QED) is 0.777. The summed E-state index contributed by atoms with van der Waals surface area (Å²) in [6, 6.07) is 5.23. The highest BCUT2D eigenvalue weighted by Crippen LogP contribution is 2.21. The van der Waals surface area contributed by atoms with Crippen LogP contribution in [-0.2, 0) is 14.3 Å². The first-order chi connectivity index (χ1) is 9.06. The van der Waals surface area contributed by atoms with Crippen molar-refractivity contribution in [2.75, 3.05) is 27.4 Å². The van der Waals surface area contributed by atoms with Crippen molar-refractivity contribution in [2.45, 2.75) is 13.2 Å². The summed E-state index contributed by atoms with van der Waals surface area (Å²) in [4.78, 5) is 11.6. The molecule has 5 nitrogen and oxygen atoms in total. The number of nitrogens with one attached hydrogen (secondary N) is 1. The highest BCUT2D eigenvalue weighted by molar-refractivity contribution is 6.30. The average Bonchev–Trinajstić information content (AvgIpc) is 2.39. The second kappa shape index (κ2) is 7.99. The van der Waals surface area contributed by atoms with Crippen molar-refractivity contribution in [3.8, 4) is 5.75 Å². The number of hydrogen-bond donors (Lipinski definition) is 1. The molecule has 0 aliphatic heterocycles. The molecule has 0 fully saturated rings. The normalized spacial score (nSPS) is 10.6. The van der Waals surface area contributed by atoms with Gasteiger partial charge < -0.3 is 19.5 Å². The topological polar surface area (TPSA) is 56.8 Å². The van der Waals surface area contributed by atoms with Crippen LogP contribution in [0.2, 0.25) is 5.02 Å². The Labute approximate surface area is 117 Å². The lowest BCUT2D eigenvalue weighted by atomic mass is 10.2. The molecule has 0 aromatic heterocycles. The van der Waals surface area contributed by atoms with Gasteiger partial charge in [-0.1, -0.05) is 11.6 Å². The Kier molecular flexibility index (Phi) is 6.62. The van der Waals surface area contributed by atoms with Crippen molar-refractivity contribution >= 4 is 17.5 Å². The van der Waals surface area contributed by atoms with Crippen LogP contribution in [0.3, 0.4) is 0 Å². The van der Waals surface area contributed by atoms with E-state index in [0.717, 1.165) is 5.56 Å². The van der Waals surface area contributed by atoms with Crippen LogP contribution in [-0.4, -0.2) is 39.6 Å². The summed E-state index contributed by atoms with van der Waals surface area (Å²) in [6.45, 7) is 2.07. The van der Waals surface area contributed by atoms with Gasteiger partial charge in [0.1, 0.15) is 5.75 Å². The molecular weight excluding hydrogens is 270 g/mol. The monoisotopic (exact) mass is 287 g/mol. The Morgan fingerprint density at radius 2 is 2.05 bits per heavy atom. The number of halogens is 1. The van der Waals surface area contributed by atoms with Crippen molar-refractivity contribution in [3.63, 3.8) is 0 Å². The van der Waals surface area contributed by atoms with Crippen molar-refractivity contribution in [3.05, 3.63) is 28.8 Å². The van der Waals surface area contributed by atoms with Crippen LogP contribution in [0, 0.1) is 6.92 Å². The molecule has 1 N–H and O–H groups in total. The molecule has 19 heavy (non-hydrogen) atoms. The summed E-state index contributed by atoms with van der Waals surface area (Å²) >= 11 is 5.83. The van der Waals surface area contributed by atoms with Gasteiger partial charge in [-0.05, 0) is 30.7 Å². The number of hydrogen-bond acceptors (Lipinski definition) is 4. The van der Waals surface area contributed by atoms with E-state index in [0.29, 0.717) is 10.8 Å². The summed E-state index contributed by atoms with van der Waals surface area (Å²) in [5.74, 6) is 0.392. The largest absolute Gasteiger partial charge is 0.484 e. The van der Waals surface area contributed by atoms with E-state index in [1.807, 2.05) is 6.92 Å². The molecule has 0 saturated heterocycles. The van der Waals surface area contributed by atoms with Crippen molar-refractivity contribution < 1.29 is 19.0 Å². The number of rotatable bonds is 7. The molecule has 0 spiro atoms. The molecule has 0 bridgehead atoms. The van der Waals surface area contributed by atoms with Crippen molar-refractivity contribution in [1.29, 1.82) is 0 Å². The maximum absolute atomic E-state index is 11.6. The lowest BCUT2D eigenvalue weighted by molar-refractivity contribution is -0.129. The van der Waals surface area contributed by atoms with E-state index < -0.39 is 6.29 Å². The van der Waals surface area contributed by atoms with Gasteiger partial charge in [0.2, 0.25) is 0 Å². The van der Waals surface area contributed by atoms with Gasteiger partial charge in [0.25, 0.3) is 5.91 Å². The molecule has 1 rings (SSSR count). The second-order valence-corrected chi connectivity index (χ2v) is 4.34. The molecular formula is C13H18ClNO4. The van der Waals surface area contributed by atoms with E-state index in [1.165, 1.54) is 14.2 Å². The first-order valence-electron chi connectivity index (χ1n) is 5.78. The number of aryl methyl sites for hydroxylation is 1. The number of methoxy groups -OCH3 is 2. The number of benzene rings is 1. The van der Waals surface area contributed by atoms with Gasteiger partial charge in [0.15, 0.2) is 12.9 Å². The fraction of sp³-hybridized carbons (Fsp3) is 0.462. The molecule has 0 atom stereocenters. The van der Waals surface area contributed by atoms with Crippen molar-refractivity contribution in [2.24, 2.45) is 0 Å². The first kappa shape index (κ1) is 15.8. The van der Waals surface area contributed by atoms with Crippen LogP contribution in [0.5, 0.6) is 5.75 Å². The van der Waals surface area contributed by atoms with Gasteiger partial charge in [-0.25, -0.2) is 0 Å². The van der Waals surface area contributed by atoms with E-state index in [2.05, 4.69) is 5.32 Å². The Morgan fingerprint density at radius 3 is 2.63 bits per heavy atom. The molecule has 0 saturated carbocycles.